The molecule has 31 heavy (non-hydrogen) atoms. The Balaban J connectivity index is 1.28. The molecule has 0 spiro atoms. The quantitative estimate of drug-likeness (QED) is 0.387. The summed E-state index contributed by atoms with van der Waals surface area (Å²) in [6, 6.07) is 18.0. The number of ether oxygens (including phenoxy) is 1. The minimum absolute atomic E-state index is 0.0127. The summed E-state index contributed by atoms with van der Waals surface area (Å²) in [4.78, 5) is 12.1. The maximum absolute atomic E-state index is 13.2. The Morgan fingerprint density at radius 1 is 0.935 bits per heavy atom. The molecule has 158 valence electrons. The van der Waals surface area contributed by atoms with E-state index in [1.807, 2.05) is 36.4 Å². The first kappa shape index (κ1) is 20.7. The Bertz CT molecular complexity index is 1070. The van der Waals surface area contributed by atoms with Crippen molar-refractivity contribution in [3.05, 3.63) is 101 Å². The van der Waals surface area contributed by atoms with Crippen molar-refractivity contribution in [2.45, 2.75) is 12.3 Å². The van der Waals surface area contributed by atoms with E-state index in [-0.39, 0.29) is 18.1 Å². The van der Waals surface area contributed by atoms with Gasteiger partial charge in [-0.3, -0.25) is 0 Å². The van der Waals surface area contributed by atoms with E-state index in [0.29, 0.717) is 13.0 Å². The van der Waals surface area contributed by atoms with Gasteiger partial charge in [-0.25, -0.2) is 18.0 Å². The van der Waals surface area contributed by atoms with Gasteiger partial charge in [0.25, 0.3) is 0 Å². The number of rotatable bonds is 6. The molecule has 0 radical (unpaired) electrons. The largest absolute Gasteiger partial charge is 0.449 e. The summed E-state index contributed by atoms with van der Waals surface area (Å²) in [6.45, 7) is 0.517. The number of nitrogens with one attached hydrogen (secondary N) is 1. The van der Waals surface area contributed by atoms with Crippen LogP contribution >= 0.6 is 0 Å². The van der Waals surface area contributed by atoms with Crippen molar-refractivity contribution >= 4 is 12.2 Å². The summed E-state index contributed by atoms with van der Waals surface area (Å²) in [6.07, 6.45) is 2.99. The summed E-state index contributed by atoms with van der Waals surface area (Å²) in [5, 5.41) is 2.65. The second-order valence-electron chi connectivity index (χ2n) is 7.24. The Morgan fingerprint density at radius 3 is 2.13 bits per heavy atom. The molecule has 4 rings (SSSR count). The van der Waals surface area contributed by atoms with E-state index < -0.39 is 23.5 Å². The lowest BCUT2D eigenvalue weighted by molar-refractivity contribution is 0.143. The second-order valence-corrected chi connectivity index (χ2v) is 7.24. The van der Waals surface area contributed by atoms with Gasteiger partial charge in [-0.1, -0.05) is 60.7 Å². The zero-order chi connectivity index (χ0) is 21.8. The molecule has 6 heteroatoms. The summed E-state index contributed by atoms with van der Waals surface area (Å²) in [5.74, 6) is -3.98. The predicted octanol–water partition coefficient (Wildman–Crippen LogP) is 6.05. The van der Waals surface area contributed by atoms with E-state index in [1.165, 1.54) is 6.08 Å². The molecular formula is C25H20F3NO2. The zero-order valence-corrected chi connectivity index (χ0v) is 16.6. The van der Waals surface area contributed by atoms with E-state index in [2.05, 4.69) is 17.4 Å². The van der Waals surface area contributed by atoms with Crippen LogP contribution in [0.1, 0.15) is 29.0 Å². The average Bonchev–Trinajstić information content (AvgIpc) is 3.09. The SMILES string of the molecule is O=C(NCCC=Cc1cc(F)c(F)c(F)c1)OCC1c2ccccc2-c2ccccc21. The van der Waals surface area contributed by atoms with E-state index in [9.17, 15) is 18.0 Å². The monoisotopic (exact) mass is 423 g/mol. The maximum Gasteiger partial charge on any atom is 0.407 e. The van der Waals surface area contributed by atoms with Crippen molar-refractivity contribution in [3.8, 4) is 11.1 Å². The highest BCUT2D eigenvalue weighted by molar-refractivity contribution is 5.79. The number of fused-ring (bicyclic) bond motifs is 3. The topological polar surface area (TPSA) is 38.3 Å². The van der Waals surface area contributed by atoms with E-state index in [4.69, 9.17) is 4.74 Å². The highest BCUT2D eigenvalue weighted by Gasteiger charge is 2.28. The molecule has 0 heterocycles. The Morgan fingerprint density at radius 2 is 1.52 bits per heavy atom. The average molecular weight is 423 g/mol. The molecule has 0 saturated carbocycles. The molecule has 0 aromatic heterocycles. The molecule has 1 aliphatic rings. The predicted molar refractivity (Wildman–Crippen MR) is 113 cm³/mol. The Kier molecular flexibility index (Phi) is 6.07. The van der Waals surface area contributed by atoms with Gasteiger partial charge in [0.1, 0.15) is 6.61 Å². The highest BCUT2D eigenvalue weighted by Crippen LogP contribution is 2.44. The molecule has 0 bridgehead atoms. The first-order valence-electron chi connectivity index (χ1n) is 9.94. The van der Waals surface area contributed by atoms with Crippen LogP contribution in [0.15, 0.2) is 66.7 Å². The first-order chi connectivity index (χ1) is 15.0. The van der Waals surface area contributed by atoms with Gasteiger partial charge < -0.3 is 10.1 Å². The summed E-state index contributed by atoms with van der Waals surface area (Å²) < 4.78 is 44.8. The molecular weight excluding hydrogens is 403 g/mol. The minimum atomic E-state index is -1.49. The van der Waals surface area contributed by atoms with Crippen LogP contribution in [0.2, 0.25) is 0 Å². The highest BCUT2D eigenvalue weighted by atomic mass is 19.2. The molecule has 3 aromatic rings. The van der Waals surface area contributed by atoms with Gasteiger partial charge in [0.15, 0.2) is 17.5 Å². The molecule has 1 N–H and O–H groups in total. The van der Waals surface area contributed by atoms with Crippen LogP contribution in [-0.4, -0.2) is 19.2 Å². The van der Waals surface area contributed by atoms with Gasteiger partial charge in [-0.05, 0) is 46.4 Å². The molecule has 3 aromatic carbocycles. The van der Waals surface area contributed by atoms with E-state index in [1.54, 1.807) is 6.08 Å². The minimum Gasteiger partial charge on any atom is -0.449 e. The fourth-order valence-corrected chi connectivity index (χ4v) is 3.80. The van der Waals surface area contributed by atoms with Crippen molar-refractivity contribution in [1.29, 1.82) is 0 Å². The van der Waals surface area contributed by atoms with Crippen LogP contribution in [0.3, 0.4) is 0 Å². The number of hydrogen-bond acceptors (Lipinski definition) is 2. The van der Waals surface area contributed by atoms with E-state index >= 15 is 0 Å². The van der Waals surface area contributed by atoms with Crippen molar-refractivity contribution in [1.82, 2.24) is 5.32 Å². The second kappa shape index (κ2) is 9.08. The normalized spacial score (nSPS) is 12.6. The van der Waals surface area contributed by atoms with Gasteiger partial charge in [0.2, 0.25) is 0 Å². The third-order valence-corrected chi connectivity index (χ3v) is 5.24. The van der Waals surface area contributed by atoms with Crippen molar-refractivity contribution < 1.29 is 22.7 Å². The third kappa shape index (κ3) is 4.48. The molecule has 3 nitrogen and oxygen atoms in total. The van der Waals surface area contributed by atoms with Gasteiger partial charge in [-0.15, -0.1) is 0 Å². The molecule has 1 amide bonds. The van der Waals surface area contributed by atoms with Gasteiger partial charge in [0.05, 0.1) is 0 Å². The Labute approximate surface area is 178 Å². The first-order valence-corrected chi connectivity index (χ1v) is 9.94. The van der Waals surface area contributed by atoms with Gasteiger partial charge >= 0.3 is 6.09 Å². The van der Waals surface area contributed by atoms with Crippen LogP contribution in [0.25, 0.3) is 17.2 Å². The number of amides is 1. The molecule has 0 fully saturated rings. The zero-order valence-electron chi connectivity index (χ0n) is 16.6. The summed E-state index contributed by atoms with van der Waals surface area (Å²) >= 11 is 0. The molecule has 0 aliphatic heterocycles. The number of hydrogen-bond donors (Lipinski definition) is 1. The van der Waals surface area contributed by atoms with Crippen molar-refractivity contribution in [2.24, 2.45) is 0 Å². The molecule has 0 saturated heterocycles. The molecule has 0 unspecified atom stereocenters. The van der Waals surface area contributed by atoms with Crippen LogP contribution < -0.4 is 5.32 Å². The fraction of sp³-hybridized carbons (Fsp3) is 0.160. The molecule has 0 atom stereocenters. The van der Waals surface area contributed by atoms with Gasteiger partial charge in [-0.2, -0.15) is 0 Å². The summed E-state index contributed by atoms with van der Waals surface area (Å²) in [7, 11) is 0. The number of carbonyl (C=O) groups excluding carboxylic acids is 1. The van der Waals surface area contributed by atoms with Crippen LogP contribution in [0, 0.1) is 17.5 Å². The lowest BCUT2D eigenvalue weighted by atomic mass is 9.98. The van der Waals surface area contributed by atoms with E-state index in [0.717, 1.165) is 34.4 Å². The number of halogens is 3. The maximum atomic E-state index is 13.2. The third-order valence-electron chi connectivity index (χ3n) is 5.24. The number of alkyl carbamates (subject to hydrolysis) is 1. The van der Waals surface area contributed by atoms with Crippen molar-refractivity contribution in [3.63, 3.8) is 0 Å². The number of benzene rings is 3. The molecule has 1 aliphatic carbocycles. The smallest absolute Gasteiger partial charge is 0.407 e. The van der Waals surface area contributed by atoms with Gasteiger partial charge in [0, 0.05) is 12.5 Å². The van der Waals surface area contributed by atoms with Crippen molar-refractivity contribution in [2.75, 3.05) is 13.2 Å². The van der Waals surface area contributed by atoms with Crippen LogP contribution in [-0.2, 0) is 4.74 Å². The number of carbonyl (C=O) groups is 1. The lowest BCUT2D eigenvalue weighted by Gasteiger charge is -2.14. The Hall–Kier alpha value is -3.54. The lowest BCUT2D eigenvalue weighted by Crippen LogP contribution is -2.26. The standard InChI is InChI=1S/C25H20F3NO2/c26-22-13-16(14-23(27)24(22)28)7-5-6-12-29-25(30)31-15-21-19-10-3-1-8-17(19)18-9-2-4-11-20(18)21/h1-5,7-11,13-14,21H,6,12,15H2,(H,29,30). The fourth-order valence-electron chi connectivity index (χ4n) is 3.80. The van der Waals surface area contributed by atoms with Crippen LogP contribution in [0.5, 0.6) is 0 Å². The summed E-state index contributed by atoms with van der Waals surface area (Å²) in [5.41, 5.74) is 4.80. The van der Waals surface area contributed by atoms with Crippen LogP contribution in [0.4, 0.5) is 18.0 Å².